The molecule has 2 heterocycles. The minimum absolute atomic E-state index is 0.0389. The third-order valence-electron chi connectivity index (χ3n) is 4.81. The second-order valence-electron chi connectivity index (χ2n) is 7.40. The number of nitrogens with one attached hydrogen (secondary N) is 1. The Labute approximate surface area is 177 Å². The van der Waals surface area contributed by atoms with Crippen molar-refractivity contribution in [3.63, 3.8) is 0 Å². The van der Waals surface area contributed by atoms with Crippen LogP contribution in [0.2, 0.25) is 0 Å². The molecule has 1 N–H and O–H groups in total. The van der Waals surface area contributed by atoms with Crippen molar-refractivity contribution in [2.45, 2.75) is 57.5 Å². The standard InChI is InChI=1S/C20H26F5N3O3/c1-2-3-7-14-12-31-17(20(23,24)25)16(27-14)18(30)26-10-6-4-5-8-15(29)28-11-9-19(21,22)13-28/h2-3H,4-13H2,1H3,(H,26,30)/b3-2-. The molecule has 0 saturated carbocycles. The maximum Gasteiger partial charge on any atom is 0.451 e. The maximum atomic E-state index is 13.1. The van der Waals surface area contributed by atoms with Crippen LogP contribution >= 0.6 is 0 Å². The Balaban J connectivity index is 1.79. The van der Waals surface area contributed by atoms with Crippen LogP contribution in [0, 0.1) is 0 Å². The van der Waals surface area contributed by atoms with Gasteiger partial charge in [0.15, 0.2) is 5.70 Å². The average molecular weight is 451 g/mol. The number of ether oxygens (including phenoxy) is 1. The first-order chi connectivity index (χ1) is 14.5. The van der Waals surface area contributed by atoms with Crippen molar-refractivity contribution in [3.05, 3.63) is 23.6 Å². The zero-order chi connectivity index (χ0) is 23.1. The van der Waals surface area contributed by atoms with Crippen LogP contribution in [-0.2, 0) is 14.3 Å². The molecule has 0 unspecified atom stereocenters. The highest BCUT2D eigenvalue weighted by atomic mass is 19.4. The Bertz CT molecular complexity index is 760. The quantitative estimate of drug-likeness (QED) is 0.330. The fourth-order valence-corrected chi connectivity index (χ4v) is 3.16. The molecule has 6 nitrogen and oxygen atoms in total. The number of unbranched alkanes of at least 4 members (excludes halogenated alkanes) is 2. The fraction of sp³-hybridized carbons (Fsp3) is 0.650. The van der Waals surface area contributed by atoms with Crippen molar-refractivity contribution in [2.24, 2.45) is 4.99 Å². The van der Waals surface area contributed by atoms with E-state index in [4.69, 9.17) is 4.74 Å². The number of nitrogens with zero attached hydrogens (tertiary/aromatic N) is 2. The lowest BCUT2D eigenvalue weighted by molar-refractivity contribution is -0.134. The lowest BCUT2D eigenvalue weighted by atomic mass is 10.1. The normalized spacial score (nSPS) is 18.9. The minimum Gasteiger partial charge on any atom is -0.481 e. The van der Waals surface area contributed by atoms with Crippen LogP contribution in [0.15, 0.2) is 28.6 Å². The van der Waals surface area contributed by atoms with E-state index in [1.807, 2.05) is 0 Å². The van der Waals surface area contributed by atoms with Crippen molar-refractivity contribution >= 4 is 17.5 Å². The van der Waals surface area contributed by atoms with E-state index in [2.05, 4.69) is 10.3 Å². The summed E-state index contributed by atoms with van der Waals surface area (Å²) in [6.45, 7) is 0.979. The van der Waals surface area contributed by atoms with Gasteiger partial charge in [0.2, 0.25) is 11.7 Å². The monoisotopic (exact) mass is 451 g/mol. The summed E-state index contributed by atoms with van der Waals surface area (Å²) < 4.78 is 70.4. The molecule has 0 aromatic rings. The van der Waals surface area contributed by atoms with Gasteiger partial charge in [0.25, 0.3) is 11.8 Å². The van der Waals surface area contributed by atoms with E-state index >= 15 is 0 Å². The van der Waals surface area contributed by atoms with Crippen molar-refractivity contribution in [3.8, 4) is 0 Å². The molecule has 11 heteroatoms. The molecule has 174 valence electrons. The number of aliphatic imine (C=N–C) groups is 1. The van der Waals surface area contributed by atoms with Gasteiger partial charge in [0.05, 0.1) is 12.3 Å². The first-order valence-corrected chi connectivity index (χ1v) is 10.1. The second kappa shape index (κ2) is 10.7. The van der Waals surface area contributed by atoms with Crippen LogP contribution in [0.5, 0.6) is 0 Å². The number of alkyl halides is 5. The Morgan fingerprint density at radius 1 is 1.26 bits per heavy atom. The number of allylic oxidation sites excluding steroid dienone is 3. The van der Waals surface area contributed by atoms with Crippen LogP contribution < -0.4 is 5.32 Å². The number of carbonyl (C=O) groups is 2. The molecule has 2 rings (SSSR count). The molecule has 2 amide bonds. The summed E-state index contributed by atoms with van der Waals surface area (Å²) >= 11 is 0. The number of rotatable bonds is 9. The molecule has 31 heavy (non-hydrogen) atoms. The van der Waals surface area contributed by atoms with E-state index < -0.39 is 36.0 Å². The Kier molecular flexibility index (Phi) is 8.58. The Morgan fingerprint density at radius 2 is 2.00 bits per heavy atom. The topological polar surface area (TPSA) is 71.0 Å². The van der Waals surface area contributed by atoms with Crippen LogP contribution in [0.4, 0.5) is 22.0 Å². The van der Waals surface area contributed by atoms with Gasteiger partial charge in [-0.1, -0.05) is 18.6 Å². The lowest BCUT2D eigenvalue weighted by Gasteiger charge is -2.21. The van der Waals surface area contributed by atoms with Gasteiger partial charge >= 0.3 is 6.18 Å². The molecule has 0 aromatic heterocycles. The third-order valence-corrected chi connectivity index (χ3v) is 4.81. The molecule has 1 saturated heterocycles. The minimum atomic E-state index is -4.84. The number of amides is 2. The van der Waals surface area contributed by atoms with Gasteiger partial charge in [-0.2, -0.15) is 13.2 Å². The zero-order valence-corrected chi connectivity index (χ0v) is 17.2. The van der Waals surface area contributed by atoms with E-state index in [1.165, 1.54) is 0 Å². The van der Waals surface area contributed by atoms with E-state index in [9.17, 15) is 31.5 Å². The SMILES string of the molecule is C/C=C\CC1=NC(C(=O)NCCCCCC(=O)N2CCC(F)(F)C2)=C(C(F)(F)F)OC1. The van der Waals surface area contributed by atoms with Crippen molar-refractivity contribution < 1.29 is 36.3 Å². The van der Waals surface area contributed by atoms with E-state index in [1.54, 1.807) is 19.1 Å². The summed E-state index contributed by atoms with van der Waals surface area (Å²) in [5, 5.41) is 2.39. The van der Waals surface area contributed by atoms with Gasteiger partial charge in [-0.05, 0) is 19.8 Å². The summed E-state index contributed by atoms with van der Waals surface area (Å²) in [5.41, 5.74) is -0.495. The average Bonchev–Trinajstić information content (AvgIpc) is 3.07. The molecule has 0 bridgehead atoms. The predicted molar refractivity (Wildman–Crippen MR) is 104 cm³/mol. The molecule has 2 aliphatic rings. The first kappa shape index (κ1) is 24.8. The fourth-order valence-electron chi connectivity index (χ4n) is 3.16. The lowest BCUT2D eigenvalue weighted by Crippen LogP contribution is -2.33. The number of halogens is 5. The first-order valence-electron chi connectivity index (χ1n) is 10.1. The van der Waals surface area contributed by atoms with Gasteiger partial charge in [-0.3, -0.25) is 9.59 Å². The van der Waals surface area contributed by atoms with Gasteiger partial charge < -0.3 is 15.0 Å². The van der Waals surface area contributed by atoms with E-state index in [0.29, 0.717) is 25.0 Å². The van der Waals surface area contributed by atoms with Crippen LogP contribution in [0.25, 0.3) is 0 Å². The predicted octanol–water partition coefficient (Wildman–Crippen LogP) is 3.74. The molecule has 0 atom stereocenters. The Hall–Kier alpha value is -2.46. The van der Waals surface area contributed by atoms with Crippen LogP contribution in [0.1, 0.15) is 45.4 Å². The molecule has 0 aromatic carbocycles. The summed E-state index contributed by atoms with van der Waals surface area (Å²) in [6.07, 6.45) is -0.0187. The van der Waals surface area contributed by atoms with Crippen molar-refractivity contribution in [1.82, 2.24) is 10.2 Å². The molecule has 2 aliphatic heterocycles. The second-order valence-corrected chi connectivity index (χ2v) is 7.40. The highest BCUT2D eigenvalue weighted by Gasteiger charge is 2.42. The van der Waals surface area contributed by atoms with Crippen LogP contribution in [0.3, 0.4) is 0 Å². The van der Waals surface area contributed by atoms with Crippen molar-refractivity contribution in [2.75, 3.05) is 26.2 Å². The highest BCUT2D eigenvalue weighted by Crippen LogP contribution is 2.32. The number of carbonyl (C=O) groups excluding carboxylic acids is 2. The summed E-state index contributed by atoms with van der Waals surface area (Å²) in [4.78, 5) is 29.1. The summed E-state index contributed by atoms with van der Waals surface area (Å²) in [7, 11) is 0. The summed E-state index contributed by atoms with van der Waals surface area (Å²) in [5.74, 6) is -5.58. The third kappa shape index (κ3) is 7.62. The van der Waals surface area contributed by atoms with Gasteiger partial charge in [-0.25, -0.2) is 13.8 Å². The van der Waals surface area contributed by atoms with Crippen LogP contribution in [-0.4, -0.2) is 60.8 Å². The van der Waals surface area contributed by atoms with E-state index in [0.717, 1.165) is 4.90 Å². The smallest absolute Gasteiger partial charge is 0.451 e. The van der Waals surface area contributed by atoms with E-state index in [-0.39, 0.29) is 44.9 Å². The number of hydrogen-bond donors (Lipinski definition) is 1. The maximum absolute atomic E-state index is 13.1. The summed E-state index contributed by atoms with van der Waals surface area (Å²) in [6, 6.07) is 0. The molecular formula is C20H26F5N3O3. The number of likely N-dealkylation sites (tertiary alicyclic amines) is 1. The van der Waals surface area contributed by atoms with Gasteiger partial charge in [-0.15, -0.1) is 0 Å². The van der Waals surface area contributed by atoms with Gasteiger partial charge in [0.1, 0.15) is 6.61 Å². The Morgan fingerprint density at radius 3 is 2.61 bits per heavy atom. The van der Waals surface area contributed by atoms with Crippen molar-refractivity contribution in [1.29, 1.82) is 0 Å². The number of hydrogen-bond acceptors (Lipinski definition) is 4. The molecule has 1 fully saturated rings. The zero-order valence-electron chi connectivity index (χ0n) is 17.2. The highest BCUT2D eigenvalue weighted by molar-refractivity contribution is 5.99. The molecular weight excluding hydrogens is 425 g/mol. The molecule has 0 aliphatic carbocycles. The van der Waals surface area contributed by atoms with Gasteiger partial charge in [0, 0.05) is 32.4 Å². The largest absolute Gasteiger partial charge is 0.481 e. The molecule has 0 radical (unpaired) electrons. The molecule has 0 spiro atoms.